The van der Waals surface area contributed by atoms with Crippen molar-refractivity contribution in [3.05, 3.63) is 114 Å². The predicted octanol–water partition coefficient (Wildman–Crippen LogP) is 3.06. The molecule has 42 heavy (non-hydrogen) atoms. The maximum absolute atomic E-state index is 13.1. The zero-order valence-corrected chi connectivity index (χ0v) is 23.8. The van der Waals surface area contributed by atoms with Gasteiger partial charge in [-0.2, -0.15) is 19.0 Å². The Kier molecular flexibility index (Phi) is 6.33. The highest BCUT2D eigenvalue weighted by atomic mass is 32.1. The number of methoxy groups -OCH3 is 2. The normalized spacial score (nSPS) is 12.5. The van der Waals surface area contributed by atoms with Crippen molar-refractivity contribution in [2.75, 3.05) is 14.2 Å². The van der Waals surface area contributed by atoms with Crippen molar-refractivity contribution in [1.29, 1.82) is 0 Å². The van der Waals surface area contributed by atoms with Gasteiger partial charge in [0.1, 0.15) is 11.5 Å². The van der Waals surface area contributed by atoms with Crippen LogP contribution in [0.1, 0.15) is 11.1 Å². The lowest BCUT2D eigenvalue weighted by Gasteiger charge is -2.01. The van der Waals surface area contributed by atoms with Crippen LogP contribution in [0.25, 0.3) is 44.8 Å². The zero-order chi connectivity index (χ0) is 28.8. The monoisotopic (exact) mass is 592 g/mol. The van der Waals surface area contributed by atoms with Gasteiger partial charge >= 0.3 is 0 Å². The smallest absolute Gasteiger partial charge is 0.291 e. The van der Waals surface area contributed by atoms with E-state index in [2.05, 4.69) is 20.2 Å². The Morgan fingerprint density at radius 1 is 0.619 bits per heavy atom. The average Bonchev–Trinajstić information content (AvgIpc) is 3.77. The van der Waals surface area contributed by atoms with E-state index in [1.165, 1.54) is 31.7 Å². The number of hydrogen-bond acceptors (Lipinski definition) is 10. The number of aromatic nitrogens is 6. The van der Waals surface area contributed by atoms with Gasteiger partial charge in [-0.25, -0.2) is 0 Å². The van der Waals surface area contributed by atoms with Gasteiger partial charge in [-0.15, -0.1) is 10.2 Å². The summed E-state index contributed by atoms with van der Waals surface area (Å²) in [4.78, 5) is 36.5. The van der Waals surface area contributed by atoms with Crippen LogP contribution < -0.4 is 29.7 Å². The molecule has 0 unspecified atom stereocenters. The largest absolute Gasteiger partial charge is 0.497 e. The molecule has 0 radical (unpaired) electrons. The van der Waals surface area contributed by atoms with E-state index in [-0.39, 0.29) is 11.1 Å². The first kappa shape index (κ1) is 25.7. The van der Waals surface area contributed by atoms with Crippen LogP contribution in [-0.2, 0) is 0 Å². The predicted molar refractivity (Wildman–Crippen MR) is 162 cm³/mol. The number of fused-ring (bicyclic) bond motifs is 2. The Labute approximate surface area is 245 Å². The van der Waals surface area contributed by atoms with Gasteiger partial charge in [0.15, 0.2) is 11.6 Å². The van der Waals surface area contributed by atoms with E-state index in [1.807, 2.05) is 72.8 Å². The molecule has 0 aliphatic heterocycles. The van der Waals surface area contributed by atoms with Crippen molar-refractivity contribution in [1.82, 2.24) is 29.2 Å². The molecule has 7 rings (SSSR count). The SMILES string of the molecule is COc1ccc(/C=c2/sc3nc(-c4ccccc4-c4nc5s/c(=C/c6ccc(OC)cc6)c(=O)n5n4)nn3c2=O)cc1. The molecule has 0 saturated carbocycles. The number of benzene rings is 3. The van der Waals surface area contributed by atoms with Crippen LogP contribution in [0.4, 0.5) is 0 Å². The van der Waals surface area contributed by atoms with Gasteiger partial charge in [0.25, 0.3) is 11.1 Å². The van der Waals surface area contributed by atoms with Gasteiger partial charge in [0, 0.05) is 11.1 Å². The lowest BCUT2D eigenvalue weighted by Crippen LogP contribution is -2.23. The van der Waals surface area contributed by atoms with Gasteiger partial charge in [0.05, 0.1) is 23.3 Å². The number of rotatable bonds is 6. The summed E-state index contributed by atoms with van der Waals surface area (Å²) in [6.45, 7) is 0. The van der Waals surface area contributed by atoms with Gasteiger partial charge < -0.3 is 9.47 Å². The molecule has 0 fully saturated rings. The highest BCUT2D eigenvalue weighted by Gasteiger charge is 2.19. The third-order valence-corrected chi connectivity index (χ3v) is 8.52. The maximum atomic E-state index is 13.1. The molecular formula is C30H20N6O4S2. The van der Waals surface area contributed by atoms with Crippen molar-refractivity contribution in [3.8, 4) is 34.3 Å². The summed E-state index contributed by atoms with van der Waals surface area (Å²) in [7, 11) is 3.22. The van der Waals surface area contributed by atoms with Crippen molar-refractivity contribution in [2.24, 2.45) is 0 Å². The molecule has 0 atom stereocenters. The fraction of sp³-hybridized carbons (Fsp3) is 0.0667. The highest BCUT2D eigenvalue weighted by molar-refractivity contribution is 7.15. The number of ether oxygens (including phenoxy) is 2. The summed E-state index contributed by atoms with van der Waals surface area (Å²) < 4.78 is 14.1. The van der Waals surface area contributed by atoms with E-state index in [9.17, 15) is 9.59 Å². The highest BCUT2D eigenvalue weighted by Crippen LogP contribution is 2.29. The topological polar surface area (TPSA) is 113 Å². The fourth-order valence-corrected chi connectivity index (χ4v) is 6.29. The molecule has 0 aliphatic rings. The zero-order valence-electron chi connectivity index (χ0n) is 22.2. The number of hydrogen-bond donors (Lipinski definition) is 0. The second-order valence-electron chi connectivity index (χ2n) is 9.18. The van der Waals surface area contributed by atoms with Gasteiger partial charge in [-0.05, 0) is 47.5 Å². The minimum absolute atomic E-state index is 0.251. The first-order chi connectivity index (χ1) is 20.5. The molecular weight excluding hydrogens is 573 g/mol. The molecule has 4 heterocycles. The average molecular weight is 593 g/mol. The Morgan fingerprint density at radius 2 is 1.02 bits per heavy atom. The second-order valence-corrected chi connectivity index (χ2v) is 11.2. The Morgan fingerprint density at radius 3 is 1.38 bits per heavy atom. The van der Waals surface area contributed by atoms with Crippen molar-refractivity contribution < 1.29 is 9.47 Å². The van der Waals surface area contributed by atoms with E-state index in [1.54, 1.807) is 26.4 Å². The minimum Gasteiger partial charge on any atom is -0.497 e. The molecule has 206 valence electrons. The molecule has 0 saturated heterocycles. The molecule has 7 aromatic rings. The van der Waals surface area contributed by atoms with Gasteiger partial charge in [0.2, 0.25) is 9.92 Å². The number of thiazole rings is 2. The summed E-state index contributed by atoms with van der Waals surface area (Å²) in [5.74, 6) is 2.23. The van der Waals surface area contributed by atoms with E-state index in [0.29, 0.717) is 41.8 Å². The lowest BCUT2D eigenvalue weighted by molar-refractivity contribution is 0.414. The summed E-state index contributed by atoms with van der Waals surface area (Å²) in [5.41, 5.74) is 2.56. The third kappa shape index (κ3) is 4.52. The molecule has 0 aliphatic carbocycles. The molecule has 4 aromatic heterocycles. The molecule has 3 aromatic carbocycles. The summed E-state index contributed by atoms with van der Waals surface area (Å²) >= 11 is 2.52. The van der Waals surface area contributed by atoms with Crippen LogP contribution in [0.2, 0.25) is 0 Å². The molecule has 0 N–H and O–H groups in total. The van der Waals surface area contributed by atoms with Crippen molar-refractivity contribution in [2.45, 2.75) is 0 Å². The van der Waals surface area contributed by atoms with E-state index < -0.39 is 0 Å². The van der Waals surface area contributed by atoms with Crippen molar-refractivity contribution in [3.63, 3.8) is 0 Å². The lowest BCUT2D eigenvalue weighted by atomic mass is 10.1. The van der Waals surface area contributed by atoms with E-state index >= 15 is 0 Å². The van der Waals surface area contributed by atoms with E-state index in [4.69, 9.17) is 9.47 Å². The fourth-order valence-electron chi connectivity index (χ4n) is 4.47. The molecule has 10 nitrogen and oxygen atoms in total. The Hall–Kier alpha value is -5.20. The van der Waals surface area contributed by atoms with Crippen LogP contribution in [0.5, 0.6) is 11.5 Å². The standard InChI is InChI=1S/C30H20N6O4S2/c1-39-19-11-7-17(8-12-19)15-23-27(37)35-29(41-23)31-25(33-35)21-5-3-4-6-22(21)26-32-30-36(34-26)28(38)24(42-30)16-18-9-13-20(40-2)14-10-18/h3-16H,1-2H3/b23-15+,24-16+. The van der Waals surface area contributed by atoms with Crippen LogP contribution in [-0.4, -0.2) is 43.4 Å². The molecule has 12 heteroatoms. The molecule has 0 bridgehead atoms. The molecule has 0 amide bonds. The minimum atomic E-state index is -0.251. The number of nitrogens with zero attached hydrogens (tertiary/aromatic N) is 6. The van der Waals surface area contributed by atoms with Crippen LogP contribution >= 0.6 is 22.7 Å². The Bertz CT molecular complexity index is 2150. The summed E-state index contributed by atoms with van der Waals surface area (Å²) in [5, 5.41) is 9.04. The van der Waals surface area contributed by atoms with Crippen LogP contribution in [0.3, 0.4) is 0 Å². The first-order valence-corrected chi connectivity index (χ1v) is 14.3. The molecule has 0 spiro atoms. The maximum Gasteiger partial charge on any atom is 0.291 e. The summed E-state index contributed by atoms with van der Waals surface area (Å²) in [6.07, 6.45) is 3.61. The van der Waals surface area contributed by atoms with Crippen LogP contribution in [0, 0.1) is 0 Å². The van der Waals surface area contributed by atoms with Gasteiger partial charge in [-0.3, -0.25) is 9.59 Å². The third-order valence-electron chi connectivity index (χ3n) is 6.60. The van der Waals surface area contributed by atoms with E-state index in [0.717, 1.165) is 22.6 Å². The second kappa shape index (κ2) is 10.3. The summed E-state index contributed by atoms with van der Waals surface area (Å²) in [6, 6.07) is 22.3. The Balaban J connectivity index is 1.25. The van der Waals surface area contributed by atoms with Crippen LogP contribution in [0.15, 0.2) is 82.4 Å². The van der Waals surface area contributed by atoms with Crippen molar-refractivity contribution >= 4 is 44.7 Å². The first-order valence-electron chi connectivity index (χ1n) is 12.7. The van der Waals surface area contributed by atoms with Gasteiger partial charge in [-0.1, -0.05) is 71.2 Å². The quantitative estimate of drug-likeness (QED) is 0.290.